The zero-order valence-electron chi connectivity index (χ0n) is 12.5. The molecular formula is C15H14Cl2IN3O2S. The Morgan fingerprint density at radius 1 is 0.958 bits per heavy atom. The summed E-state index contributed by atoms with van der Waals surface area (Å²) in [6.07, 6.45) is 3.08. The fraction of sp³-hybridized carbons (Fsp3) is 0.267. The molecule has 1 aliphatic heterocycles. The van der Waals surface area contributed by atoms with Crippen molar-refractivity contribution in [3.05, 3.63) is 50.3 Å². The van der Waals surface area contributed by atoms with E-state index in [9.17, 15) is 8.42 Å². The van der Waals surface area contributed by atoms with Gasteiger partial charge in [-0.15, -0.1) is 0 Å². The van der Waals surface area contributed by atoms with Gasteiger partial charge in [0.15, 0.2) is 0 Å². The Hall–Kier alpha value is -0.610. The van der Waals surface area contributed by atoms with Crippen molar-refractivity contribution in [3.63, 3.8) is 0 Å². The van der Waals surface area contributed by atoms with Crippen LogP contribution < -0.4 is 4.90 Å². The highest BCUT2D eigenvalue weighted by atomic mass is 127. The van der Waals surface area contributed by atoms with Gasteiger partial charge in [0.2, 0.25) is 10.0 Å². The molecule has 2 heterocycles. The SMILES string of the molecule is O=S(=O)(c1ccc(I)cc1)N1CCN(c2c(Cl)cncc2Cl)CC1. The van der Waals surface area contributed by atoms with Gasteiger partial charge < -0.3 is 4.90 Å². The Labute approximate surface area is 164 Å². The van der Waals surface area contributed by atoms with Gasteiger partial charge in [0.05, 0.1) is 20.6 Å². The summed E-state index contributed by atoms with van der Waals surface area (Å²) in [7, 11) is -3.48. The number of benzene rings is 1. The molecular weight excluding hydrogens is 484 g/mol. The number of rotatable bonds is 3. The Bertz CT molecular complexity index is 818. The zero-order valence-corrected chi connectivity index (χ0v) is 17.0. The molecule has 9 heteroatoms. The van der Waals surface area contributed by atoms with Crippen LogP contribution in [0.25, 0.3) is 0 Å². The van der Waals surface area contributed by atoms with Crippen molar-refractivity contribution in [1.82, 2.24) is 9.29 Å². The molecule has 0 radical (unpaired) electrons. The molecule has 0 spiro atoms. The summed E-state index contributed by atoms with van der Waals surface area (Å²) in [5.41, 5.74) is 0.708. The maximum absolute atomic E-state index is 12.7. The number of hydrogen-bond donors (Lipinski definition) is 0. The molecule has 0 unspecified atom stereocenters. The average Bonchev–Trinajstić information content (AvgIpc) is 2.55. The first kappa shape index (κ1) is 18.2. The van der Waals surface area contributed by atoms with E-state index in [1.165, 1.54) is 16.7 Å². The number of aromatic nitrogens is 1. The van der Waals surface area contributed by atoms with Crippen LogP contribution in [0.3, 0.4) is 0 Å². The first-order chi connectivity index (χ1) is 11.4. The molecule has 1 aromatic carbocycles. The van der Waals surface area contributed by atoms with Crippen LogP contribution in [0, 0.1) is 3.57 Å². The third-order valence-corrected chi connectivity index (χ3v) is 7.02. The van der Waals surface area contributed by atoms with Crippen LogP contribution in [0.15, 0.2) is 41.6 Å². The van der Waals surface area contributed by atoms with E-state index in [1.807, 2.05) is 4.90 Å². The lowest BCUT2D eigenvalue weighted by molar-refractivity contribution is 0.385. The van der Waals surface area contributed by atoms with Crippen LogP contribution in [0.2, 0.25) is 10.0 Å². The van der Waals surface area contributed by atoms with Crippen molar-refractivity contribution in [2.24, 2.45) is 0 Å². The normalized spacial score (nSPS) is 16.4. The number of nitrogens with zero attached hydrogens (tertiary/aromatic N) is 3. The van der Waals surface area contributed by atoms with Gasteiger partial charge in [0.25, 0.3) is 0 Å². The van der Waals surface area contributed by atoms with Crippen molar-refractivity contribution >= 4 is 61.5 Å². The molecule has 0 amide bonds. The van der Waals surface area contributed by atoms with Crippen LogP contribution in [-0.4, -0.2) is 43.9 Å². The molecule has 0 aliphatic carbocycles. The predicted molar refractivity (Wildman–Crippen MR) is 104 cm³/mol. The topological polar surface area (TPSA) is 53.5 Å². The van der Waals surface area contributed by atoms with Gasteiger partial charge in [-0.3, -0.25) is 4.98 Å². The highest BCUT2D eigenvalue weighted by molar-refractivity contribution is 14.1. The van der Waals surface area contributed by atoms with Crippen LogP contribution >= 0.6 is 45.8 Å². The second-order valence-corrected chi connectivity index (χ2v) is 9.29. The summed E-state index contributed by atoms with van der Waals surface area (Å²) in [5.74, 6) is 0. The summed E-state index contributed by atoms with van der Waals surface area (Å²) >= 11 is 14.5. The van der Waals surface area contributed by atoms with E-state index in [1.54, 1.807) is 24.3 Å². The highest BCUT2D eigenvalue weighted by Gasteiger charge is 2.29. The predicted octanol–water partition coefficient (Wildman–Crippen LogP) is 3.50. The van der Waals surface area contributed by atoms with Crippen molar-refractivity contribution in [2.75, 3.05) is 31.1 Å². The van der Waals surface area contributed by atoms with E-state index in [4.69, 9.17) is 23.2 Å². The van der Waals surface area contributed by atoms with Crippen LogP contribution in [0.1, 0.15) is 0 Å². The maximum atomic E-state index is 12.7. The highest BCUT2D eigenvalue weighted by Crippen LogP contribution is 2.33. The molecule has 0 atom stereocenters. The Balaban J connectivity index is 1.76. The first-order valence-electron chi connectivity index (χ1n) is 7.19. The van der Waals surface area contributed by atoms with E-state index in [-0.39, 0.29) is 0 Å². The molecule has 1 fully saturated rings. The van der Waals surface area contributed by atoms with Crippen molar-refractivity contribution in [3.8, 4) is 0 Å². The van der Waals surface area contributed by atoms with Crippen molar-refractivity contribution < 1.29 is 8.42 Å². The standard InChI is InChI=1S/C15H14Cl2IN3O2S/c16-13-9-19-10-14(17)15(13)20-5-7-21(8-6-20)24(22,23)12-3-1-11(18)2-4-12/h1-4,9-10H,5-8H2. The summed E-state index contributed by atoms with van der Waals surface area (Å²) < 4.78 is 27.9. The molecule has 1 saturated heterocycles. The van der Waals surface area contributed by atoms with Gasteiger partial charge in [-0.1, -0.05) is 23.2 Å². The Morgan fingerprint density at radius 2 is 1.50 bits per heavy atom. The van der Waals surface area contributed by atoms with Gasteiger partial charge in [0.1, 0.15) is 0 Å². The van der Waals surface area contributed by atoms with E-state index < -0.39 is 10.0 Å². The van der Waals surface area contributed by atoms with Gasteiger partial charge in [-0.05, 0) is 46.9 Å². The van der Waals surface area contributed by atoms with E-state index in [0.29, 0.717) is 46.8 Å². The largest absolute Gasteiger partial charge is 0.366 e. The minimum absolute atomic E-state index is 0.316. The number of pyridine rings is 1. The first-order valence-corrected chi connectivity index (χ1v) is 10.5. The lowest BCUT2D eigenvalue weighted by atomic mass is 10.3. The van der Waals surface area contributed by atoms with Crippen LogP contribution in [0.4, 0.5) is 5.69 Å². The summed E-state index contributed by atoms with van der Waals surface area (Å²) in [4.78, 5) is 6.25. The molecule has 0 bridgehead atoms. The lowest BCUT2D eigenvalue weighted by Crippen LogP contribution is -2.48. The third kappa shape index (κ3) is 3.65. The maximum Gasteiger partial charge on any atom is 0.243 e. The minimum atomic E-state index is -3.48. The van der Waals surface area contributed by atoms with Gasteiger partial charge >= 0.3 is 0 Å². The quantitative estimate of drug-likeness (QED) is 0.609. The molecule has 1 aliphatic rings. The molecule has 2 aromatic rings. The lowest BCUT2D eigenvalue weighted by Gasteiger charge is -2.36. The second kappa shape index (κ2) is 7.33. The van der Waals surface area contributed by atoms with Gasteiger partial charge in [0, 0.05) is 42.1 Å². The molecule has 128 valence electrons. The third-order valence-electron chi connectivity index (χ3n) is 3.83. The Morgan fingerprint density at radius 3 is 2.04 bits per heavy atom. The number of sulfonamides is 1. The summed E-state index contributed by atoms with van der Waals surface area (Å²) in [6, 6.07) is 6.86. The monoisotopic (exact) mass is 497 g/mol. The number of hydrogen-bond acceptors (Lipinski definition) is 4. The molecule has 0 N–H and O–H groups in total. The second-order valence-electron chi connectivity index (χ2n) is 5.30. The number of anilines is 1. The van der Waals surface area contributed by atoms with Gasteiger partial charge in [-0.2, -0.15) is 4.31 Å². The molecule has 3 rings (SSSR count). The minimum Gasteiger partial charge on any atom is -0.366 e. The zero-order chi connectivity index (χ0) is 17.3. The summed E-state index contributed by atoms with van der Waals surface area (Å²) in [6.45, 7) is 1.80. The van der Waals surface area contributed by atoms with E-state index in [2.05, 4.69) is 27.6 Å². The van der Waals surface area contributed by atoms with Crippen LogP contribution in [0.5, 0.6) is 0 Å². The molecule has 0 saturated carbocycles. The number of halogens is 3. The molecule has 24 heavy (non-hydrogen) atoms. The smallest absolute Gasteiger partial charge is 0.243 e. The van der Waals surface area contributed by atoms with Gasteiger partial charge in [-0.25, -0.2) is 8.42 Å². The number of piperazine rings is 1. The molecule has 1 aromatic heterocycles. The fourth-order valence-corrected chi connectivity index (χ4v) is 5.00. The van der Waals surface area contributed by atoms with Crippen LogP contribution in [-0.2, 0) is 10.0 Å². The molecule has 5 nitrogen and oxygen atoms in total. The summed E-state index contributed by atoms with van der Waals surface area (Å²) in [5, 5.41) is 0.938. The van der Waals surface area contributed by atoms with E-state index in [0.717, 1.165) is 3.57 Å². The Kier molecular flexibility index (Phi) is 5.55. The van der Waals surface area contributed by atoms with Crippen molar-refractivity contribution in [1.29, 1.82) is 0 Å². The average molecular weight is 498 g/mol. The van der Waals surface area contributed by atoms with E-state index >= 15 is 0 Å². The fourth-order valence-electron chi connectivity index (χ4n) is 2.61. The van der Waals surface area contributed by atoms with Crippen molar-refractivity contribution in [2.45, 2.75) is 4.90 Å².